The molecule has 4 nitrogen and oxygen atoms in total. The third-order valence-corrected chi connectivity index (χ3v) is 4.93. The monoisotopic (exact) mass is 239 g/mol. The van der Waals surface area contributed by atoms with Crippen molar-refractivity contribution >= 4 is 6.03 Å². The number of hydrogen-bond donors (Lipinski definition) is 3. The van der Waals surface area contributed by atoms with Gasteiger partial charge in [-0.1, -0.05) is 20.8 Å². The molecule has 0 bridgehead atoms. The first kappa shape index (κ1) is 12.7. The molecule has 0 heterocycles. The fourth-order valence-electron chi connectivity index (χ4n) is 2.63. The van der Waals surface area contributed by atoms with E-state index < -0.39 is 0 Å². The maximum atomic E-state index is 11.6. The van der Waals surface area contributed by atoms with Crippen LogP contribution in [0, 0.1) is 10.8 Å². The van der Waals surface area contributed by atoms with E-state index in [-0.39, 0.29) is 17.0 Å². The normalized spacial score (nSPS) is 32.5. The van der Waals surface area contributed by atoms with E-state index in [1.54, 1.807) is 0 Å². The van der Waals surface area contributed by atoms with Gasteiger partial charge in [-0.2, -0.15) is 0 Å². The summed E-state index contributed by atoms with van der Waals surface area (Å²) in [5.41, 5.74) is 6.54. The van der Waals surface area contributed by atoms with Gasteiger partial charge in [0.1, 0.15) is 0 Å². The van der Waals surface area contributed by atoms with Gasteiger partial charge in [0.25, 0.3) is 0 Å². The zero-order chi connectivity index (χ0) is 12.7. The Bertz CT molecular complexity index is 323. The van der Waals surface area contributed by atoms with Crippen molar-refractivity contribution in [3.63, 3.8) is 0 Å². The highest BCUT2D eigenvalue weighted by Gasteiger charge is 2.57. The first-order valence-electron chi connectivity index (χ1n) is 6.57. The van der Waals surface area contributed by atoms with Crippen molar-refractivity contribution in [2.45, 2.75) is 52.0 Å². The highest BCUT2D eigenvalue weighted by atomic mass is 16.2. The Labute approximate surface area is 104 Å². The number of carbonyl (C=O) groups excluding carboxylic acids is 1. The summed E-state index contributed by atoms with van der Waals surface area (Å²) in [6.45, 7) is 8.07. The van der Waals surface area contributed by atoms with Gasteiger partial charge in [-0.05, 0) is 36.5 Å². The van der Waals surface area contributed by atoms with Crippen molar-refractivity contribution in [2.75, 3.05) is 13.1 Å². The van der Waals surface area contributed by atoms with Gasteiger partial charge in [0, 0.05) is 18.6 Å². The first-order chi connectivity index (χ1) is 7.77. The lowest BCUT2D eigenvalue weighted by atomic mass is 9.78. The molecule has 2 amide bonds. The summed E-state index contributed by atoms with van der Waals surface area (Å²) in [4.78, 5) is 11.6. The molecular weight excluding hydrogens is 214 g/mol. The van der Waals surface area contributed by atoms with Crippen LogP contribution in [0.1, 0.15) is 46.5 Å². The van der Waals surface area contributed by atoms with E-state index in [0.717, 1.165) is 19.4 Å². The van der Waals surface area contributed by atoms with Crippen LogP contribution in [0.5, 0.6) is 0 Å². The molecule has 0 aromatic rings. The number of hydrogen-bond acceptors (Lipinski definition) is 2. The molecule has 0 aliphatic heterocycles. The average molecular weight is 239 g/mol. The van der Waals surface area contributed by atoms with Gasteiger partial charge in [-0.25, -0.2) is 4.79 Å². The van der Waals surface area contributed by atoms with E-state index in [1.165, 1.54) is 12.8 Å². The molecule has 2 saturated carbocycles. The summed E-state index contributed by atoms with van der Waals surface area (Å²) >= 11 is 0. The summed E-state index contributed by atoms with van der Waals surface area (Å²) in [7, 11) is 0. The van der Waals surface area contributed by atoms with Crippen LogP contribution in [0.15, 0.2) is 0 Å². The third-order valence-electron chi connectivity index (χ3n) is 4.93. The Balaban J connectivity index is 1.65. The van der Waals surface area contributed by atoms with Crippen molar-refractivity contribution < 1.29 is 4.79 Å². The first-order valence-corrected chi connectivity index (χ1v) is 6.57. The Morgan fingerprint density at radius 3 is 2.12 bits per heavy atom. The summed E-state index contributed by atoms with van der Waals surface area (Å²) < 4.78 is 0. The lowest BCUT2D eigenvalue weighted by Crippen LogP contribution is -2.56. The summed E-state index contributed by atoms with van der Waals surface area (Å²) in [5, 5.41) is 5.83. The van der Waals surface area contributed by atoms with Gasteiger partial charge < -0.3 is 16.4 Å². The minimum atomic E-state index is -0.139. The average Bonchev–Trinajstić information content (AvgIpc) is 2.70. The topological polar surface area (TPSA) is 67.2 Å². The minimum Gasteiger partial charge on any atom is -0.338 e. The molecule has 4 heteroatoms. The second-order valence-corrected chi connectivity index (χ2v) is 6.87. The highest BCUT2D eigenvalue weighted by Crippen LogP contribution is 2.62. The number of amides is 2. The second-order valence-electron chi connectivity index (χ2n) is 6.87. The van der Waals surface area contributed by atoms with Crippen molar-refractivity contribution in [1.82, 2.24) is 10.6 Å². The molecule has 0 aromatic carbocycles. The fourth-order valence-corrected chi connectivity index (χ4v) is 2.63. The zero-order valence-corrected chi connectivity index (χ0v) is 11.2. The second kappa shape index (κ2) is 3.87. The van der Waals surface area contributed by atoms with Gasteiger partial charge >= 0.3 is 6.03 Å². The SMILES string of the molecule is CC1(C)CC1(C)CNC(=O)NCC1(N)CCC1. The van der Waals surface area contributed by atoms with Crippen LogP contribution in [-0.4, -0.2) is 24.7 Å². The van der Waals surface area contributed by atoms with Gasteiger partial charge in [-0.3, -0.25) is 0 Å². The predicted octanol–water partition coefficient (Wildman–Crippen LogP) is 1.60. The van der Waals surface area contributed by atoms with Crippen LogP contribution in [0.3, 0.4) is 0 Å². The molecule has 2 aliphatic rings. The largest absolute Gasteiger partial charge is 0.338 e. The van der Waals surface area contributed by atoms with Crippen molar-refractivity contribution in [2.24, 2.45) is 16.6 Å². The molecule has 1 unspecified atom stereocenters. The third kappa shape index (κ3) is 2.57. The Kier molecular flexibility index (Phi) is 2.89. The smallest absolute Gasteiger partial charge is 0.314 e. The molecule has 4 N–H and O–H groups in total. The molecule has 98 valence electrons. The van der Waals surface area contributed by atoms with Crippen molar-refractivity contribution in [3.05, 3.63) is 0 Å². The van der Waals surface area contributed by atoms with Crippen molar-refractivity contribution in [1.29, 1.82) is 0 Å². The zero-order valence-electron chi connectivity index (χ0n) is 11.2. The Morgan fingerprint density at radius 1 is 1.18 bits per heavy atom. The van der Waals surface area contributed by atoms with Crippen LogP contribution >= 0.6 is 0 Å². The molecule has 17 heavy (non-hydrogen) atoms. The molecule has 0 spiro atoms. The van der Waals surface area contributed by atoms with E-state index in [4.69, 9.17) is 5.73 Å². The standard InChI is InChI=1S/C13H25N3O/c1-11(2)7-12(11,3)8-15-10(17)16-9-13(14)5-4-6-13/h4-9,14H2,1-3H3,(H2,15,16,17). The van der Waals surface area contributed by atoms with E-state index in [2.05, 4.69) is 31.4 Å². The van der Waals surface area contributed by atoms with Crippen LogP contribution < -0.4 is 16.4 Å². The number of nitrogens with one attached hydrogen (secondary N) is 2. The highest BCUT2D eigenvalue weighted by molar-refractivity contribution is 5.74. The predicted molar refractivity (Wildman–Crippen MR) is 68.7 cm³/mol. The van der Waals surface area contributed by atoms with Gasteiger partial charge in [0.2, 0.25) is 0 Å². The van der Waals surface area contributed by atoms with E-state index in [1.807, 2.05) is 0 Å². The Morgan fingerprint density at radius 2 is 1.71 bits per heavy atom. The Hall–Kier alpha value is -0.770. The molecule has 1 atom stereocenters. The van der Waals surface area contributed by atoms with Gasteiger partial charge in [0.05, 0.1) is 0 Å². The van der Waals surface area contributed by atoms with E-state index in [0.29, 0.717) is 12.0 Å². The minimum absolute atomic E-state index is 0.0781. The summed E-state index contributed by atoms with van der Waals surface area (Å²) in [6, 6.07) is -0.0781. The number of urea groups is 1. The van der Waals surface area contributed by atoms with Crippen LogP contribution in [0.4, 0.5) is 4.79 Å². The van der Waals surface area contributed by atoms with Gasteiger partial charge in [-0.15, -0.1) is 0 Å². The molecular formula is C13H25N3O. The lowest BCUT2D eigenvalue weighted by Gasteiger charge is -2.38. The van der Waals surface area contributed by atoms with Gasteiger partial charge in [0.15, 0.2) is 0 Å². The molecule has 0 saturated heterocycles. The molecule has 2 rings (SSSR count). The van der Waals surface area contributed by atoms with E-state index >= 15 is 0 Å². The number of carbonyl (C=O) groups is 1. The van der Waals surface area contributed by atoms with Crippen LogP contribution in [-0.2, 0) is 0 Å². The fraction of sp³-hybridized carbons (Fsp3) is 0.923. The molecule has 2 fully saturated rings. The lowest BCUT2D eigenvalue weighted by molar-refractivity contribution is 0.215. The maximum absolute atomic E-state index is 11.6. The quantitative estimate of drug-likeness (QED) is 0.697. The number of nitrogens with two attached hydrogens (primary N) is 1. The summed E-state index contributed by atoms with van der Waals surface area (Å²) in [6.07, 6.45) is 4.42. The molecule has 0 radical (unpaired) electrons. The molecule has 0 aromatic heterocycles. The van der Waals surface area contributed by atoms with Crippen molar-refractivity contribution in [3.8, 4) is 0 Å². The maximum Gasteiger partial charge on any atom is 0.314 e. The van der Waals surface area contributed by atoms with E-state index in [9.17, 15) is 4.79 Å². The molecule has 2 aliphatic carbocycles. The summed E-state index contributed by atoms with van der Waals surface area (Å²) in [5.74, 6) is 0. The van der Waals surface area contributed by atoms with Crippen LogP contribution in [0.2, 0.25) is 0 Å². The number of rotatable bonds is 4. The van der Waals surface area contributed by atoms with Crippen LogP contribution in [0.25, 0.3) is 0 Å².